The van der Waals surface area contributed by atoms with E-state index in [1.54, 1.807) is 0 Å². The summed E-state index contributed by atoms with van der Waals surface area (Å²) in [6.45, 7) is 0. The minimum absolute atomic E-state index is 0.0288. The number of aromatic nitrogens is 1. The molecule has 1 heterocycles. The maximum absolute atomic E-state index is 13.0. The molecule has 0 aliphatic heterocycles. The summed E-state index contributed by atoms with van der Waals surface area (Å²) >= 11 is 3.19. The van der Waals surface area contributed by atoms with Crippen molar-refractivity contribution in [1.82, 2.24) is 4.98 Å². The molecule has 2 aromatic rings. The number of nitrogen functional groups attached to an aromatic ring is 1. The van der Waals surface area contributed by atoms with Crippen molar-refractivity contribution < 1.29 is 13.5 Å². The molecule has 0 amide bonds. The van der Waals surface area contributed by atoms with Gasteiger partial charge in [0.15, 0.2) is 5.75 Å². The lowest BCUT2D eigenvalue weighted by molar-refractivity contribution is 0.467. The predicted octanol–water partition coefficient (Wildman–Crippen LogP) is 3.50. The molecule has 0 aliphatic carbocycles. The lowest BCUT2D eigenvalue weighted by atomic mass is 10.3. The third kappa shape index (κ3) is 2.71. The predicted molar refractivity (Wildman–Crippen MR) is 62.8 cm³/mol. The number of pyridine rings is 1. The maximum atomic E-state index is 13.0. The Morgan fingerprint density at radius 3 is 2.35 bits per heavy atom. The molecular formula is C11H7BrF2N2O. The lowest BCUT2D eigenvalue weighted by Gasteiger charge is -2.09. The maximum Gasteiger partial charge on any atom is 0.167 e. The van der Waals surface area contributed by atoms with Crippen molar-refractivity contribution in [2.45, 2.75) is 0 Å². The van der Waals surface area contributed by atoms with Gasteiger partial charge in [0.25, 0.3) is 0 Å². The van der Waals surface area contributed by atoms with Crippen LogP contribution in [0.15, 0.2) is 35.1 Å². The Morgan fingerprint density at radius 1 is 1.12 bits per heavy atom. The normalized spacial score (nSPS) is 10.3. The molecular weight excluding hydrogens is 294 g/mol. The number of hydrogen-bond donors (Lipinski definition) is 1. The van der Waals surface area contributed by atoms with Crippen LogP contribution in [0.4, 0.5) is 14.5 Å². The van der Waals surface area contributed by atoms with Crippen LogP contribution in [-0.4, -0.2) is 4.98 Å². The van der Waals surface area contributed by atoms with Crippen molar-refractivity contribution >= 4 is 21.6 Å². The number of ether oxygens (including phenoxy) is 1. The Balaban J connectivity index is 2.38. The van der Waals surface area contributed by atoms with E-state index >= 15 is 0 Å². The van der Waals surface area contributed by atoms with Gasteiger partial charge in [0.1, 0.15) is 17.4 Å². The van der Waals surface area contributed by atoms with Crippen molar-refractivity contribution in [1.29, 1.82) is 0 Å². The van der Waals surface area contributed by atoms with Gasteiger partial charge in [-0.15, -0.1) is 0 Å². The summed E-state index contributed by atoms with van der Waals surface area (Å²) in [5.41, 5.74) is 5.91. The number of hydrogen-bond acceptors (Lipinski definition) is 3. The summed E-state index contributed by atoms with van der Waals surface area (Å²) in [4.78, 5) is 3.82. The van der Waals surface area contributed by atoms with Crippen LogP contribution < -0.4 is 10.5 Å². The number of rotatable bonds is 2. The first-order valence-electron chi connectivity index (χ1n) is 4.59. The molecule has 2 rings (SSSR count). The smallest absolute Gasteiger partial charge is 0.167 e. The molecule has 0 spiro atoms. The fraction of sp³-hybridized carbons (Fsp3) is 0. The zero-order valence-corrected chi connectivity index (χ0v) is 10.0. The van der Waals surface area contributed by atoms with Gasteiger partial charge in [-0.1, -0.05) is 0 Å². The Hall–Kier alpha value is -1.69. The Labute approximate surface area is 104 Å². The molecule has 88 valence electrons. The van der Waals surface area contributed by atoms with Crippen LogP contribution in [0.3, 0.4) is 0 Å². The lowest BCUT2D eigenvalue weighted by Crippen LogP contribution is -1.95. The van der Waals surface area contributed by atoms with Gasteiger partial charge in [-0.05, 0) is 15.9 Å². The second-order valence-electron chi connectivity index (χ2n) is 3.25. The Bertz CT molecular complexity index is 523. The van der Waals surface area contributed by atoms with Gasteiger partial charge in [-0.2, -0.15) is 0 Å². The van der Waals surface area contributed by atoms with Crippen LogP contribution in [0.1, 0.15) is 0 Å². The van der Waals surface area contributed by atoms with Gasteiger partial charge in [0, 0.05) is 24.4 Å². The molecule has 0 aliphatic rings. The fourth-order valence-corrected chi connectivity index (χ4v) is 1.68. The summed E-state index contributed by atoms with van der Waals surface area (Å²) in [6.07, 6.45) is 2.86. The van der Waals surface area contributed by atoms with Crippen LogP contribution in [-0.2, 0) is 0 Å². The van der Waals surface area contributed by atoms with Crippen LogP contribution >= 0.6 is 15.9 Å². The molecule has 17 heavy (non-hydrogen) atoms. The molecule has 3 nitrogen and oxygen atoms in total. The molecule has 1 aromatic carbocycles. The molecule has 0 atom stereocenters. The minimum atomic E-state index is -0.719. The Kier molecular flexibility index (Phi) is 3.23. The SMILES string of the molecule is Nc1cncc(Br)c1Oc1cc(F)cc(F)c1. The first kappa shape index (κ1) is 11.8. The molecule has 0 fully saturated rings. The monoisotopic (exact) mass is 300 g/mol. The minimum Gasteiger partial charge on any atom is -0.454 e. The summed E-state index contributed by atoms with van der Waals surface area (Å²) in [5, 5.41) is 0. The molecule has 2 N–H and O–H groups in total. The van der Waals surface area contributed by atoms with Crippen LogP contribution in [0.25, 0.3) is 0 Å². The molecule has 1 aromatic heterocycles. The van der Waals surface area contributed by atoms with Crippen molar-refractivity contribution in [3.8, 4) is 11.5 Å². The van der Waals surface area contributed by atoms with E-state index in [4.69, 9.17) is 10.5 Å². The quantitative estimate of drug-likeness (QED) is 0.923. The van der Waals surface area contributed by atoms with E-state index in [-0.39, 0.29) is 17.2 Å². The average molecular weight is 301 g/mol. The van der Waals surface area contributed by atoms with Gasteiger partial charge in [-0.25, -0.2) is 8.78 Å². The highest BCUT2D eigenvalue weighted by Gasteiger charge is 2.09. The zero-order valence-electron chi connectivity index (χ0n) is 8.45. The van der Waals surface area contributed by atoms with Gasteiger partial charge >= 0.3 is 0 Å². The number of nitrogens with two attached hydrogens (primary N) is 1. The third-order valence-corrected chi connectivity index (χ3v) is 2.50. The van der Waals surface area contributed by atoms with E-state index in [0.717, 1.165) is 18.2 Å². The molecule has 0 radical (unpaired) electrons. The summed E-state index contributed by atoms with van der Waals surface area (Å²) < 4.78 is 31.7. The second kappa shape index (κ2) is 4.67. The highest BCUT2D eigenvalue weighted by Crippen LogP contribution is 2.34. The number of anilines is 1. The van der Waals surface area contributed by atoms with E-state index in [1.807, 2.05) is 0 Å². The van der Waals surface area contributed by atoms with E-state index in [2.05, 4.69) is 20.9 Å². The van der Waals surface area contributed by atoms with Gasteiger partial charge in [0.05, 0.1) is 16.4 Å². The second-order valence-corrected chi connectivity index (χ2v) is 4.10. The fourth-order valence-electron chi connectivity index (χ4n) is 1.25. The van der Waals surface area contributed by atoms with Crippen LogP contribution in [0, 0.1) is 11.6 Å². The van der Waals surface area contributed by atoms with Crippen molar-refractivity contribution in [2.24, 2.45) is 0 Å². The van der Waals surface area contributed by atoms with Crippen molar-refractivity contribution in [2.75, 3.05) is 5.73 Å². The topological polar surface area (TPSA) is 48.1 Å². The number of benzene rings is 1. The highest BCUT2D eigenvalue weighted by atomic mass is 79.9. The van der Waals surface area contributed by atoms with Crippen molar-refractivity contribution in [3.05, 3.63) is 46.7 Å². The molecule has 0 saturated heterocycles. The first-order chi connectivity index (χ1) is 8.06. The molecule has 0 bridgehead atoms. The third-order valence-electron chi connectivity index (χ3n) is 1.94. The summed E-state index contributed by atoms with van der Waals surface area (Å²) in [5.74, 6) is -1.14. The highest BCUT2D eigenvalue weighted by molar-refractivity contribution is 9.10. The molecule has 6 heteroatoms. The van der Waals surface area contributed by atoms with Crippen LogP contribution in [0.2, 0.25) is 0 Å². The standard InChI is InChI=1S/C11H7BrF2N2O/c12-9-4-16-5-10(15)11(9)17-8-2-6(13)1-7(14)3-8/h1-5H,15H2. The van der Waals surface area contributed by atoms with E-state index < -0.39 is 11.6 Å². The van der Waals surface area contributed by atoms with Crippen LogP contribution in [0.5, 0.6) is 11.5 Å². The summed E-state index contributed by atoms with van der Waals surface area (Å²) in [6, 6.07) is 2.89. The van der Waals surface area contributed by atoms with E-state index in [0.29, 0.717) is 4.47 Å². The van der Waals surface area contributed by atoms with E-state index in [1.165, 1.54) is 12.4 Å². The van der Waals surface area contributed by atoms with Gasteiger partial charge in [-0.3, -0.25) is 4.98 Å². The van der Waals surface area contributed by atoms with Gasteiger partial charge < -0.3 is 10.5 Å². The largest absolute Gasteiger partial charge is 0.454 e. The molecule has 0 saturated carbocycles. The van der Waals surface area contributed by atoms with E-state index in [9.17, 15) is 8.78 Å². The number of nitrogens with zero attached hydrogens (tertiary/aromatic N) is 1. The summed E-state index contributed by atoms with van der Waals surface area (Å²) in [7, 11) is 0. The first-order valence-corrected chi connectivity index (χ1v) is 5.38. The van der Waals surface area contributed by atoms with Gasteiger partial charge in [0.2, 0.25) is 0 Å². The molecule has 0 unspecified atom stereocenters. The zero-order chi connectivity index (χ0) is 12.4. The Morgan fingerprint density at radius 2 is 1.76 bits per heavy atom. The van der Waals surface area contributed by atoms with Crippen molar-refractivity contribution in [3.63, 3.8) is 0 Å². The average Bonchev–Trinajstić information content (AvgIpc) is 2.22. The number of halogens is 3.